The average Bonchev–Trinajstić information content (AvgIpc) is 2.87. The quantitative estimate of drug-likeness (QED) is 0.794. The smallest absolute Gasteiger partial charge is 0.243 e. The number of nitrogens with one attached hydrogen (secondary N) is 2. The number of hydrogen-bond acceptors (Lipinski definition) is 6. The molecule has 118 valence electrons. The van der Waals surface area contributed by atoms with Crippen molar-refractivity contribution >= 4 is 27.7 Å². The van der Waals surface area contributed by atoms with Crippen LogP contribution in [0.4, 0.5) is 5.95 Å². The molecule has 2 unspecified atom stereocenters. The van der Waals surface area contributed by atoms with Gasteiger partial charge in [0.05, 0.1) is 12.4 Å². The van der Waals surface area contributed by atoms with Gasteiger partial charge in [-0.05, 0) is 25.5 Å². The first kappa shape index (κ1) is 16.5. The minimum absolute atomic E-state index is 0.00777. The van der Waals surface area contributed by atoms with Crippen molar-refractivity contribution in [2.24, 2.45) is 0 Å². The molecular formula is C13H22N4O2S2. The monoisotopic (exact) mass is 330 g/mol. The highest BCUT2D eigenvalue weighted by atomic mass is 32.2. The van der Waals surface area contributed by atoms with E-state index in [1.807, 2.05) is 18.7 Å². The average molecular weight is 330 g/mol. The number of sulfonamides is 1. The van der Waals surface area contributed by atoms with Crippen molar-refractivity contribution in [2.45, 2.75) is 49.3 Å². The van der Waals surface area contributed by atoms with Gasteiger partial charge >= 0.3 is 0 Å². The summed E-state index contributed by atoms with van der Waals surface area (Å²) in [6.45, 7) is 4.73. The van der Waals surface area contributed by atoms with Crippen molar-refractivity contribution in [3.63, 3.8) is 0 Å². The van der Waals surface area contributed by atoms with Crippen molar-refractivity contribution in [2.75, 3.05) is 17.6 Å². The van der Waals surface area contributed by atoms with E-state index < -0.39 is 10.0 Å². The van der Waals surface area contributed by atoms with Crippen LogP contribution in [0.3, 0.4) is 0 Å². The molecule has 0 radical (unpaired) electrons. The van der Waals surface area contributed by atoms with Crippen LogP contribution in [0.15, 0.2) is 17.3 Å². The van der Waals surface area contributed by atoms with Gasteiger partial charge in [-0.3, -0.25) is 0 Å². The summed E-state index contributed by atoms with van der Waals surface area (Å²) in [5.74, 6) is 1.44. The molecule has 0 saturated heterocycles. The molecule has 1 aliphatic rings. The van der Waals surface area contributed by atoms with Crippen LogP contribution < -0.4 is 10.0 Å². The fraction of sp³-hybridized carbons (Fsp3) is 0.692. The first-order valence-corrected chi connectivity index (χ1v) is 9.80. The van der Waals surface area contributed by atoms with Gasteiger partial charge in [-0.15, -0.1) is 0 Å². The molecule has 0 aliphatic heterocycles. The minimum Gasteiger partial charge on any atom is -0.355 e. The minimum atomic E-state index is -3.54. The number of thioether (sulfide) groups is 1. The molecule has 1 aromatic rings. The Morgan fingerprint density at radius 1 is 1.29 bits per heavy atom. The zero-order valence-electron chi connectivity index (χ0n) is 12.4. The van der Waals surface area contributed by atoms with Crippen molar-refractivity contribution in [1.29, 1.82) is 0 Å². The summed E-state index contributed by atoms with van der Waals surface area (Å²) in [5.41, 5.74) is 0. The molecule has 1 saturated carbocycles. The number of hydrogen-bond donors (Lipinski definition) is 2. The molecule has 0 bridgehead atoms. The highest BCUT2D eigenvalue weighted by Gasteiger charge is 2.31. The maximum Gasteiger partial charge on any atom is 0.243 e. The van der Waals surface area contributed by atoms with Gasteiger partial charge in [0, 0.05) is 17.8 Å². The first-order chi connectivity index (χ1) is 10.1. The van der Waals surface area contributed by atoms with E-state index in [1.165, 1.54) is 12.4 Å². The molecule has 1 fully saturated rings. The topological polar surface area (TPSA) is 84.0 Å². The van der Waals surface area contributed by atoms with Gasteiger partial charge in [0.2, 0.25) is 16.0 Å². The van der Waals surface area contributed by atoms with Gasteiger partial charge in [0.15, 0.2) is 0 Å². The van der Waals surface area contributed by atoms with Gasteiger partial charge in [-0.25, -0.2) is 23.1 Å². The fourth-order valence-corrected chi connectivity index (χ4v) is 4.93. The summed E-state index contributed by atoms with van der Waals surface area (Å²) < 4.78 is 27.6. The first-order valence-electron chi connectivity index (χ1n) is 7.26. The summed E-state index contributed by atoms with van der Waals surface area (Å²) in [4.78, 5) is 8.16. The molecule has 0 spiro atoms. The standard InChI is InChI=1S/C13H22N4O2S2/c1-3-14-13-15-8-10(9-16-13)21(18,19)17-11-6-5-7-12(11)20-4-2/h8-9,11-12,17H,3-7H2,1-2H3,(H,14,15,16). The van der Waals surface area contributed by atoms with Crippen LogP contribution >= 0.6 is 11.8 Å². The third-order valence-corrected chi connectivity index (χ3v) is 6.18. The summed E-state index contributed by atoms with van der Waals surface area (Å²) in [6, 6.07) is 0.00777. The molecule has 2 atom stereocenters. The van der Waals surface area contributed by atoms with Crippen molar-refractivity contribution in [3.05, 3.63) is 12.4 Å². The van der Waals surface area contributed by atoms with E-state index in [9.17, 15) is 8.42 Å². The summed E-state index contributed by atoms with van der Waals surface area (Å²) >= 11 is 1.82. The van der Waals surface area contributed by atoms with Gasteiger partial charge in [-0.2, -0.15) is 11.8 Å². The van der Waals surface area contributed by atoms with E-state index in [2.05, 4.69) is 26.9 Å². The molecule has 1 heterocycles. The van der Waals surface area contributed by atoms with E-state index in [0.717, 1.165) is 25.0 Å². The molecule has 21 heavy (non-hydrogen) atoms. The van der Waals surface area contributed by atoms with Crippen LogP contribution in [0.1, 0.15) is 33.1 Å². The molecule has 6 nitrogen and oxygen atoms in total. The lowest BCUT2D eigenvalue weighted by molar-refractivity contribution is 0.554. The van der Waals surface area contributed by atoms with Crippen LogP contribution in [-0.4, -0.2) is 42.0 Å². The molecule has 8 heteroatoms. The van der Waals surface area contributed by atoms with Crippen LogP contribution in [0, 0.1) is 0 Å². The second kappa shape index (κ2) is 7.42. The second-order valence-electron chi connectivity index (χ2n) is 4.93. The van der Waals surface area contributed by atoms with E-state index in [4.69, 9.17) is 0 Å². The highest BCUT2D eigenvalue weighted by Crippen LogP contribution is 2.30. The molecule has 1 aliphatic carbocycles. The second-order valence-corrected chi connectivity index (χ2v) is 8.16. The predicted molar refractivity (Wildman–Crippen MR) is 86.1 cm³/mol. The Hall–Kier alpha value is -0.860. The maximum absolute atomic E-state index is 12.4. The van der Waals surface area contributed by atoms with Crippen molar-refractivity contribution in [3.8, 4) is 0 Å². The predicted octanol–water partition coefficient (Wildman–Crippen LogP) is 1.86. The molecule has 2 N–H and O–H groups in total. The number of anilines is 1. The van der Waals surface area contributed by atoms with E-state index in [0.29, 0.717) is 17.7 Å². The fourth-order valence-electron chi connectivity index (χ4n) is 2.45. The van der Waals surface area contributed by atoms with E-state index in [1.54, 1.807) is 0 Å². The Kier molecular flexibility index (Phi) is 5.83. The Labute approximate surface area is 130 Å². The van der Waals surface area contributed by atoms with Crippen molar-refractivity contribution < 1.29 is 8.42 Å². The zero-order chi connectivity index (χ0) is 15.3. The Bertz CT molecular complexity index is 548. The van der Waals surface area contributed by atoms with Gasteiger partial charge in [-0.1, -0.05) is 13.3 Å². The summed E-state index contributed by atoms with van der Waals surface area (Å²) in [7, 11) is -3.54. The summed E-state index contributed by atoms with van der Waals surface area (Å²) in [6.07, 6.45) is 5.74. The molecule has 2 rings (SSSR count). The zero-order valence-corrected chi connectivity index (χ0v) is 14.0. The van der Waals surface area contributed by atoms with Crippen molar-refractivity contribution in [1.82, 2.24) is 14.7 Å². The maximum atomic E-state index is 12.4. The number of rotatable bonds is 7. The van der Waals surface area contributed by atoms with E-state index in [-0.39, 0.29) is 10.9 Å². The molecule has 0 amide bonds. The Morgan fingerprint density at radius 2 is 2.00 bits per heavy atom. The number of nitrogens with zero attached hydrogens (tertiary/aromatic N) is 2. The molecule has 0 aromatic carbocycles. The SMILES string of the molecule is CCNc1ncc(S(=O)(=O)NC2CCCC2SCC)cn1. The molecular weight excluding hydrogens is 308 g/mol. The highest BCUT2D eigenvalue weighted by molar-refractivity contribution is 8.00. The van der Waals surface area contributed by atoms with Gasteiger partial charge < -0.3 is 5.32 Å². The van der Waals surface area contributed by atoms with Crippen LogP contribution in [-0.2, 0) is 10.0 Å². The van der Waals surface area contributed by atoms with E-state index >= 15 is 0 Å². The lowest BCUT2D eigenvalue weighted by atomic mass is 10.3. The Morgan fingerprint density at radius 3 is 2.62 bits per heavy atom. The number of aromatic nitrogens is 2. The normalized spacial score (nSPS) is 22.4. The lowest BCUT2D eigenvalue weighted by Gasteiger charge is -2.19. The summed E-state index contributed by atoms with van der Waals surface area (Å²) in [5, 5.41) is 3.31. The third-order valence-electron chi connectivity index (χ3n) is 3.41. The largest absolute Gasteiger partial charge is 0.355 e. The van der Waals surface area contributed by atoms with Crippen LogP contribution in [0.2, 0.25) is 0 Å². The van der Waals surface area contributed by atoms with Gasteiger partial charge in [0.1, 0.15) is 4.90 Å². The van der Waals surface area contributed by atoms with Crippen LogP contribution in [0.5, 0.6) is 0 Å². The molecule has 1 aromatic heterocycles. The van der Waals surface area contributed by atoms with Crippen LogP contribution in [0.25, 0.3) is 0 Å². The lowest BCUT2D eigenvalue weighted by Crippen LogP contribution is -2.38. The Balaban J connectivity index is 2.07. The van der Waals surface area contributed by atoms with Gasteiger partial charge in [0.25, 0.3) is 0 Å². The third kappa shape index (κ3) is 4.31.